The highest BCUT2D eigenvalue weighted by atomic mass is 35.5. The summed E-state index contributed by atoms with van der Waals surface area (Å²) in [4.78, 5) is 0.240. The Balaban J connectivity index is 0.00000162. The Labute approximate surface area is 126 Å². The average molecular weight is 329 g/mol. The summed E-state index contributed by atoms with van der Waals surface area (Å²) >= 11 is 0. The smallest absolute Gasteiger partial charge is 0.246 e. The fraction of sp³-hybridized carbons (Fsp3) is 0.455. The third-order valence-corrected chi connectivity index (χ3v) is 4.70. The summed E-state index contributed by atoms with van der Waals surface area (Å²) in [6, 6.07) is 6.71. The summed E-state index contributed by atoms with van der Waals surface area (Å²) in [6.45, 7) is 2.38. The molecular formula is C11H18Cl2N2O3S. The van der Waals surface area contributed by atoms with E-state index in [1.54, 1.807) is 24.3 Å². The molecule has 1 N–H and O–H groups in total. The Kier molecular flexibility index (Phi) is 7.69. The molecule has 110 valence electrons. The van der Waals surface area contributed by atoms with Crippen molar-refractivity contribution >= 4 is 34.8 Å². The molecule has 0 spiro atoms. The number of hydrogen-bond acceptors (Lipinski definition) is 4. The van der Waals surface area contributed by atoms with E-state index in [1.165, 1.54) is 11.4 Å². The molecule has 8 heteroatoms. The second-order valence-corrected chi connectivity index (χ2v) is 5.71. The van der Waals surface area contributed by atoms with Gasteiger partial charge in [-0.25, -0.2) is 8.42 Å². The summed E-state index contributed by atoms with van der Waals surface area (Å²) in [7, 11) is -1.96. The van der Waals surface area contributed by atoms with Crippen LogP contribution < -0.4 is 10.1 Å². The van der Waals surface area contributed by atoms with E-state index in [0.717, 1.165) is 0 Å². The minimum Gasteiger partial charge on any atom is -0.495 e. The topological polar surface area (TPSA) is 58.6 Å². The van der Waals surface area contributed by atoms with Gasteiger partial charge in [-0.15, -0.1) is 24.8 Å². The number of benzene rings is 1. The molecule has 1 aliphatic heterocycles. The predicted octanol–water partition coefficient (Wildman–Crippen LogP) is 1.13. The van der Waals surface area contributed by atoms with Crippen molar-refractivity contribution in [2.75, 3.05) is 33.3 Å². The Morgan fingerprint density at radius 2 is 1.74 bits per heavy atom. The Morgan fingerprint density at radius 1 is 1.16 bits per heavy atom. The summed E-state index contributed by atoms with van der Waals surface area (Å²) in [5.74, 6) is 0.394. The maximum Gasteiger partial charge on any atom is 0.246 e. The fourth-order valence-electron chi connectivity index (χ4n) is 1.86. The first-order valence-corrected chi connectivity index (χ1v) is 6.94. The van der Waals surface area contributed by atoms with Crippen LogP contribution in [0.25, 0.3) is 0 Å². The third kappa shape index (κ3) is 3.97. The molecule has 0 aromatic heterocycles. The zero-order chi connectivity index (χ0) is 12.3. The van der Waals surface area contributed by atoms with E-state index >= 15 is 0 Å². The van der Waals surface area contributed by atoms with Crippen LogP contribution in [-0.4, -0.2) is 46.0 Å². The van der Waals surface area contributed by atoms with E-state index in [9.17, 15) is 8.42 Å². The number of nitrogens with zero attached hydrogens (tertiary/aromatic N) is 1. The van der Waals surface area contributed by atoms with Crippen molar-refractivity contribution in [3.05, 3.63) is 24.3 Å². The molecule has 1 fully saturated rings. The van der Waals surface area contributed by atoms with E-state index in [1.807, 2.05) is 0 Å². The second-order valence-electron chi connectivity index (χ2n) is 3.80. The molecule has 1 aliphatic rings. The SMILES string of the molecule is COc1ccccc1S(=O)(=O)N1CCNCC1.Cl.Cl. The van der Waals surface area contributed by atoms with Crippen LogP contribution in [-0.2, 0) is 10.0 Å². The van der Waals surface area contributed by atoms with E-state index in [2.05, 4.69) is 5.32 Å². The van der Waals surface area contributed by atoms with E-state index in [4.69, 9.17) is 4.74 Å². The summed E-state index contributed by atoms with van der Waals surface area (Å²) in [5.41, 5.74) is 0. The molecule has 19 heavy (non-hydrogen) atoms. The first kappa shape index (κ1) is 18.5. The molecule has 1 aromatic rings. The van der Waals surface area contributed by atoms with E-state index < -0.39 is 10.0 Å². The Hall–Kier alpha value is -0.530. The molecule has 0 amide bonds. The van der Waals surface area contributed by atoms with Gasteiger partial charge in [0.15, 0.2) is 0 Å². The molecule has 1 heterocycles. The number of sulfonamides is 1. The van der Waals surface area contributed by atoms with Crippen LogP contribution in [0.2, 0.25) is 0 Å². The Bertz CT molecular complexity index is 490. The van der Waals surface area contributed by atoms with Crippen LogP contribution in [0.4, 0.5) is 0 Å². The van der Waals surface area contributed by atoms with E-state index in [-0.39, 0.29) is 29.7 Å². The predicted molar refractivity (Wildman–Crippen MR) is 79.1 cm³/mol. The standard InChI is InChI=1S/C11H16N2O3S.2ClH/c1-16-10-4-2-3-5-11(10)17(14,15)13-8-6-12-7-9-13;;/h2-5,12H,6-9H2,1H3;2*1H. The van der Waals surface area contributed by atoms with Crippen molar-refractivity contribution in [2.24, 2.45) is 0 Å². The van der Waals surface area contributed by atoms with Gasteiger partial charge in [0, 0.05) is 26.2 Å². The van der Waals surface area contributed by atoms with Crippen LogP contribution in [0.3, 0.4) is 0 Å². The van der Waals surface area contributed by atoms with Crippen LogP contribution in [0.5, 0.6) is 5.75 Å². The lowest BCUT2D eigenvalue weighted by atomic mass is 10.3. The highest BCUT2D eigenvalue weighted by molar-refractivity contribution is 7.89. The molecule has 0 bridgehead atoms. The molecule has 0 radical (unpaired) electrons. The quantitative estimate of drug-likeness (QED) is 0.903. The third-order valence-electron chi connectivity index (χ3n) is 2.76. The maximum atomic E-state index is 12.4. The molecule has 0 unspecified atom stereocenters. The number of para-hydroxylation sites is 1. The van der Waals surface area contributed by atoms with Gasteiger partial charge in [0.05, 0.1) is 7.11 Å². The van der Waals surface area contributed by atoms with Gasteiger partial charge in [0.2, 0.25) is 10.0 Å². The zero-order valence-electron chi connectivity index (χ0n) is 10.5. The number of nitrogens with one attached hydrogen (secondary N) is 1. The Morgan fingerprint density at radius 3 is 2.32 bits per heavy atom. The molecular weight excluding hydrogens is 311 g/mol. The lowest BCUT2D eigenvalue weighted by Gasteiger charge is -2.27. The maximum absolute atomic E-state index is 12.4. The fourth-order valence-corrected chi connectivity index (χ4v) is 3.45. The monoisotopic (exact) mass is 328 g/mol. The number of ether oxygens (including phenoxy) is 1. The van der Waals surface area contributed by atoms with Gasteiger partial charge in [-0.05, 0) is 12.1 Å². The number of piperazine rings is 1. The van der Waals surface area contributed by atoms with Gasteiger partial charge in [-0.2, -0.15) is 4.31 Å². The largest absolute Gasteiger partial charge is 0.495 e. The molecule has 1 aromatic carbocycles. The van der Waals surface area contributed by atoms with Gasteiger partial charge < -0.3 is 10.1 Å². The van der Waals surface area contributed by atoms with Crippen LogP contribution >= 0.6 is 24.8 Å². The molecule has 0 aliphatic carbocycles. The van der Waals surface area contributed by atoms with Crippen molar-refractivity contribution in [3.63, 3.8) is 0 Å². The first-order chi connectivity index (χ1) is 8.16. The molecule has 5 nitrogen and oxygen atoms in total. The van der Waals surface area contributed by atoms with Gasteiger partial charge in [0.25, 0.3) is 0 Å². The van der Waals surface area contributed by atoms with Crippen LogP contribution in [0.15, 0.2) is 29.2 Å². The van der Waals surface area contributed by atoms with Gasteiger partial charge in [-0.1, -0.05) is 12.1 Å². The normalized spacial score (nSPS) is 16.1. The van der Waals surface area contributed by atoms with Crippen molar-refractivity contribution in [2.45, 2.75) is 4.90 Å². The highest BCUT2D eigenvalue weighted by Crippen LogP contribution is 2.26. The van der Waals surface area contributed by atoms with Crippen LogP contribution in [0, 0.1) is 0 Å². The van der Waals surface area contributed by atoms with Crippen LogP contribution in [0.1, 0.15) is 0 Å². The second kappa shape index (κ2) is 7.91. The summed E-state index contributed by atoms with van der Waals surface area (Å²) < 4.78 is 31.4. The van der Waals surface area contributed by atoms with Gasteiger partial charge in [0.1, 0.15) is 10.6 Å². The number of halogens is 2. The number of methoxy groups -OCH3 is 1. The van der Waals surface area contributed by atoms with Gasteiger partial charge >= 0.3 is 0 Å². The first-order valence-electron chi connectivity index (χ1n) is 5.50. The van der Waals surface area contributed by atoms with Gasteiger partial charge in [-0.3, -0.25) is 0 Å². The summed E-state index contributed by atoms with van der Waals surface area (Å²) in [5, 5.41) is 3.13. The minimum atomic E-state index is -3.44. The van der Waals surface area contributed by atoms with Crippen molar-refractivity contribution in [1.29, 1.82) is 0 Å². The van der Waals surface area contributed by atoms with Crippen molar-refractivity contribution in [1.82, 2.24) is 9.62 Å². The van der Waals surface area contributed by atoms with Crippen molar-refractivity contribution in [3.8, 4) is 5.75 Å². The lowest BCUT2D eigenvalue weighted by Crippen LogP contribution is -2.46. The minimum absolute atomic E-state index is 0. The molecule has 0 atom stereocenters. The average Bonchev–Trinajstić information content (AvgIpc) is 2.39. The molecule has 1 saturated heterocycles. The van der Waals surface area contributed by atoms with E-state index in [0.29, 0.717) is 31.9 Å². The molecule has 0 saturated carbocycles. The number of rotatable bonds is 3. The number of hydrogen-bond donors (Lipinski definition) is 1. The summed E-state index contributed by atoms with van der Waals surface area (Å²) in [6.07, 6.45) is 0. The lowest BCUT2D eigenvalue weighted by molar-refractivity contribution is 0.355. The highest BCUT2D eigenvalue weighted by Gasteiger charge is 2.28. The molecule has 2 rings (SSSR count). The van der Waals surface area contributed by atoms with Crippen molar-refractivity contribution < 1.29 is 13.2 Å². The zero-order valence-corrected chi connectivity index (χ0v) is 13.0.